The molecular weight excluding hydrogens is 1730 g/mol. The molecule has 10 N–H and O–H groups in total. The highest BCUT2D eigenvalue weighted by Gasteiger charge is 2.48. The van der Waals surface area contributed by atoms with Crippen LogP contribution in [0.25, 0.3) is 10.8 Å². The number of halogens is 4. The Morgan fingerprint density at radius 1 is 0.319 bits per heavy atom. The smallest absolute Gasteiger partial charge is 0.255 e. The van der Waals surface area contributed by atoms with Gasteiger partial charge in [-0.2, -0.15) is 8.78 Å². The number of hydrogen-bond acceptors (Lipinski definition) is 25. The number of phenols is 4. The van der Waals surface area contributed by atoms with E-state index in [1.54, 1.807) is 115 Å². The number of β-amino-alcohol motifs (C(OH)–C–C–N with tert-alkyl or cyclic N) is 5. The highest BCUT2D eigenvalue weighted by molar-refractivity contribution is 5.87. The Morgan fingerprint density at radius 2 is 0.681 bits per heavy atom. The third kappa shape index (κ3) is 24.7. The first-order valence-electron chi connectivity index (χ1n) is 47.2. The van der Waals surface area contributed by atoms with Crippen molar-refractivity contribution in [3.05, 3.63) is 283 Å². The Morgan fingerprint density at radius 3 is 1.08 bits per heavy atom. The number of methoxy groups -OCH3 is 1. The quantitative estimate of drug-likeness (QED) is 0.0178. The van der Waals surface area contributed by atoms with Gasteiger partial charge in [0.25, 0.3) is 11.9 Å². The summed E-state index contributed by atoms with van der Waals surface area (Å²) in [6.45, 7) is 12.2. The van der Waals surface area contributed by atoms with Gasteiger partial charge in [-0.3, -0.25) is 34.5 Å². The van der Waals surface area contributed by atoms with E-state index in [-0.39, 0.29) is 64.7 Å². The van der Waals surface area contributed by atoms with E-state index in [0.717, 1.165) is 169 Å². The van der Waals surface area contributed by atoms with Crippen LogP contribution in [0.5, 0.6) is 63.2 Å². The lowest BCUT2D eigenvalue weighted by atomic mass is 10.0. The number of likely N-dealkylation sites (tertiary alicyclic amines) is 5. The number of pyridine rings is 4. The minimum atomic E-state index is -0.810. The first kappa shape index (κ1) is 95.3. The van der Waals surface area contributed by atoms with Gasteiger partial charge in [0.1, 0.15) is 40.6 Å². The number of aliphatic hydroxyl groups excluding tert-OH is 5. The predicted molar refractivity (Wildman–Crippen MR) is 498 cm³/mol. The van der Waals surface area contributed by atoms with Gasteiger partial charge >= 0.3 is 0 Å². The van der Waals surface area contributed by atoms with Crippen molar-refractivity contribution >= 4 is 10.8 Å². The highest BCUT2D eigenvalue weighted by atomic mass is 19.1. The van der Waals surface area contributed by atoms with Crippen LogP contribution in [0.1, 0.15) is 123 Å². The van der Waals surface area contributed by atoms with Crippen molar-refractivity contribution in [3.8, 4) is 63.2 Å². The molecule has 11 aromatic rings. The average molecular weight is 1850 g/mol. The zero-order chi connectivity index (χ0) is 93.8. The maximum absolute atomic E-state index is 14.1. The number of rotatable bonds is 26. The van der Waals surface area contributed by atoms with Crippen LogP contribution in [0, 0.1) is 82.7 Å². The number of aromatic nitrogens is 4. The number of nitrogens with zero attached hydrogens (tertiary/aromatic N) is 9. The summed E-state index contributed by atoms with van der Waals surface area (Å²) in [5, 5.41) is 101. The molecule has 4 aromatic heterocycles. The van der Waals surface area contributed by atoms with Gasteiger partial charge < -0.3 is 79.5 Å². The number of para-hydroxylation sites is 2. The Balaban J connectivity index is 0.000000117. The summed E-state index contributed by atoms with van der Waals surface area (Å²) >= 11 is 0. The van der Waals surface area contributed by atoms with Gasteiger partial charge in [-0.25, -0.2) is 18.7 Å². The Labute approximate surface area is 783 Å². The van der Waals surface area contributed by atoms with Crippen LogP contribution in [-0.4, -0.2) is 231 Å². The largest absolute Gasteiger partial charge is 0.508 e. The predicted octanol–water partition coefficient (Wildman–Crippen LogP) is 15.4. The topological polar surface area (TPSA) is 325 Å². The van der Waals surface area contributed by atoms with Crippen molar-refractivity contribution in [2.45, 2.75) is 125 Å². The lowest BCUT2D eigenvalue weighted by molar-refractivity contribution is 0.112. The van der Waals surface area contributed by atoms with Crippen molar-refractivity contribution in [3.63, 3.8) is 0 Å². The van der Waals surface area contributed by atoms with E-state index in [0.29, 0.717) is 115 Å². The van der Waals surface area contributed by atoms with E-state index in [1.165, 1.54) is 56.0 Å². The lowest BCUT2D eigenvalue weighted by Gasteiger charge is -2.23. The van der Waals surface area contributed by atoms with Gasteiger partial charge in [-0.05, 0) is 267 Å². The monoisotopic (exact) mass is 1850 g/mol. The number of fused-ring (bicyclic) bond motifs is 6. The Hall–Kier alpha value is -11.5. The summed E-state index contributed by atoms with van der Waals surface area (Å²) in [4.78, 5) is 27.0. The van der Waals surface area contributed by atoms with E-state index < -0.39 is 59.8 Å². The molecule has 20 atom stereocenters. The van der Waals surface area contributed by atoms with Crippen LogP contribution < -0.4 is 28.4 Å². The first-order chi connectivity index (χ1) is 65.4. The van der Waals surface area contributed by atoms with E-state index in [1.807, 2.05) is 54.9 Å². The summed E-state index contributed by atoms with van der Waals surface area (Å²) in [5.41, 5.74) is 3.54. The molecule has 10 fully saturated rings. The second kappa shape index (κ2) is 44.1. The van der Waals surface area contributed by atoms with E-state index in [4.69, 9.17) is 28.4 Å². The summed E-state index contributed by atoms with van der Waals surface area (Å²) in [5.74, 6) is 6.50. The lowest BCUT2D eigenvalue weighted by Crippen LogP contribution is -2.29. The van der Waals surface area contributed by atoms with Crippen molar-refractivity contribution in [2.24, 2.45) is 59.2 Å². The van der Waals surface area contributed by atoms with Crippen molar-refractivity contribution in [1.82, 2.24) is 44.4 Å². The fraction of sp³-hybridized carbons (Fsp3) is 0.434. The maximum Gasteiger partial charge on any atom is 0.255 e. The highest BCUT2D eigenvalue weighted by Crippen LogP contribution is 2.48. The van der Waals surface area contributed by atoms with Crippen molar-refractivity contribution in [1.29, 1.82) is 0 Å². The zero-order valence-electron chi connectivity index (χ0n) is 75.6. The maximum atomic E-state index is 14.1. The van der Waals surface area contributed by atoms with E-state index >= 15 is 0 Å². The van der Waals surface area contributed by atoms with Crippen LogP contribution in [0.4, 0.5) is 17.6 Å². The van der Waals surface area contributed by atoms with Gasteiger partial charge in [-0.1, -0.05) is 78.9 Å². The van der Waals surface area contributed by atoms with Gasteiger partial charge in [0.2, 0.25) is 0 Å². The molecule has 0 bridgehead atoms. The van der Waals surface area contributed by atoms with E-state index in [2.05, 4.69) is 56.6 Å². The number of aromatic hydroxyl groups is 5. The van der Waals surface area contributed by atoms with Gasteiger partial charge in [0.05, 0.1) is 73.9 Å². The first-order valence-corrected chi connectivity index (χ1v) is 47.2. The van der Waals surface area contributed by atoms with Crippen molar-refractivity contribution in [2.75, 3.05) is 105 Å². The fourth-order valence-corrected chi connectivity index (χ4v) is 22.4. The number of aliphatic hydroxyl groups is 5. The van der Waals surface area contributed by atoms with Crippen LogP contribution in [0.3, 0.4) is 0 Å². The molecule has 9 heterocycles. The molecule has 21 rings (SSSR count). The molecule has 5 aliphatic carbocycles. The van der Waals surface area contributed by atoms with Gasteiger partial charge in [-0.15, -0.1) is 0 Å². The molecule has 714 valence electrons. The molecule has 135 heavy (non-hydrogen) atoms. The molecule has 25 nitrogen and oxygen atoms in total. The molecule has 0 radical (unpaired) electrons. The Kier molecular flexibility index (Phi) is 31.1. The molecule has 5 aliphatic heterocycles. The van der Waals surface area contributed by atoms with Gasteiger partial charge in [0, 0.05) is 134 Å². The molecule has 7 aromatic carbocycles. The summed E-state index contributed by atoms with van der Waals surface area (Å²) in [6, 6.07) is 57.0. The van der Waals surface area contributed by atoms with Crippen molar-refractivity contribution < 1.29 is 97.0 Å². The molecule has 0 amide bonds. The van der Waals surface area contributed by atoms with Crippen LogP contribution >= 0.6 is 0 Å². The molecule has 0 spiro atoms. The third-order valence-electron chi connectivity index (χ3n) is 28.8. The molecule has 5 saturated heterocycles. The summed E-state index contributed by atoms with van der Waals surface area (Å²) in [6.07, 6.45) is 14.9. The minimum absolute atomic E-state index is 0.0167. The van der Waals surface area contributed by atoms with E-state index in [9.17, 15) is 68.6 Å². The summed E-state index contributed by atoms with van der Waals surface area (Å²) < 4.78 is 90.1. The normalized spacial score (nSPS) is 26.1. The minimum Gasteiger partial charge on any atom is -0.508 e. The van der Waals surface area contributed by atoms with Crippen LogP contribution in [0.2, 0.25) is 0 Å². The molecular formula is C106H121F4N9O16. The number of benzene rings is 7. The number of phenolic OH excluding ortho intramolecular Hbond substituents is 4. The SMILES string of the molecule is COc1cccc(F)c1OC1C[C@@H]2CN(CC(O)c3ccc(O)cn3)C[C@@H]2C1.Oc1ccc(C(O)CN2C[C@H]3CC(Oc4cccc5cnccc45)C[C@H]3C2)cc1.Oc1ccc(C(O)CN2C[C@H]3CC(Oc4ccccc4)C[C@H]3C2)cc1.Oc1ccc(C(O)CN2C[C@H]3CC(Oc4cccnc4F)C[C@H]3C2)cc1.Oc1ccc(C(O)CN2C[C@H]3CC(Oc4cccnc4F)C[C@H]3C2)cc1F. The standard InChI is InChI=1S/C24H26N2O3.C21H25FN2O4.C21H25NO3.C20H22F2N2O3.C20H23FN2O3/c27-20-6-4-16(5-7-20)23(28)15-26-13-18-10-21(11-19(18)14-26)29-24-3-1-2-17-12-25-9-8-22(17)24;1-27-20-4-2-3-17(22)21(20)28-16-7-13-10-24(11-14(13)8-16)12-19(26)18-6-5-15(25)9-23-18;23-18-8-6-15(7-9-18)21(24)14-22-12-16-10-20(11-17(16)13-22)25-19-4-2-1-3-5-19;21-16-8-12(3-4-17(16)25)18(26)11-24-9-13-6-15(7-14(13)10-24)27-19-2-1-5-23-20(19)22;21-20-19(2-1-7-22-20)26-17-8-14-10-23(11-15(14)9-17)12-18(25)13-3-5-16(24)6-4-13/h1-9,12,18-19,21,23,27-28H,10-11,13-15H2;2-6,9,13-14,16,19,25-26H,7-8,10-12H2,1H3;1-9,16-17,20-21,23-24H,10-14H2;1-5,8,13-15,18,25-26H,6-7,9-11H2;1-7,14-15,17-18,24-25H,8-12H2/t18-,19+,21?,23?;13-,14+,16?,19?;16-,17+,20?,21?;13-,14+,15?,18?;14-,15+,17?,18?. The second-order valence-corrected chi connectivity index (χ2v) is 38.3. The average Bonchev–Trinajstić information content (AvgIpc) is 1.68. The Bertz CT molecular complexity index is 5590. The molecule has 29 heteroatoms. The third-order valence-corrected chi connectivity index (χ3v) is 28.8. The summed E-state index contributed by atoms with van der Waals surface area (Å²) in [7, 11) is 1.51. The molecule has 10 unspecified atom stereocenters. The zero-order valence-corrected chi connectivity index (χ0v) is 75.6. The fourth-order valence-electron chi connectivity index (χ4n) is 22.4. The van der Waals surface area contributed by atoms with Crippen LogP contribution in [-0.2, 0) is 0 Å². The molecule has 5 saturated carbocycles. The second-order valence-electron chi connectivity index (χ2n) is 38.3. The number of ether oxygens (including phenoxy) is 6. The van der Waals surface area contributed by atoms with Crippen LogP contribution in [0.15, 0.2) is 231 Å². The van der Waals surface area contributed by atoms with Gasteiger partial charge in [0.15, 0.2) is 40.4 Å². The number of hydrogen-bond donors (Lipinski definition) is 10. The molecule has 10 aliphatic rings.